The van der Waals surface area contributed by atoms with E-state index >= 15 is 0 Å². The second kappa shape index (κ2) is 5.96. The van der Waals surface area contributed by atoms with Gasteiger partial charge in [0.1, 0.15) is 0 Å². The molecule has 1 aliphatic carbocycles. The van der Waals surface area contributed by atoms with Gasteiger partial charge in [0.2, 0.25) is 10.0 Å². The van der Waals surface area contributed by atoms with Crippen molar-refractivity contribution in [2.24, 2.45) is 5.92 Å². The average Bonchev–Trinajstić information content (AvgIpc) is 2.95. The summed E-state index contributed by atoms with van der Waals surface area (Å²) in [5.74, 6) is -3.42. The minimum Gasteiger partial charge on any atom is -0.252 e. The maximum atomic E-state index is 13.5. The Balaban J connectivity index is 1.93. The summed E-state index contributed by atoms with van der Waals surface area (Å²) in [7, 11) is -0.359. The fourth-order valence-corrected chi connectivity index (χ4v) is 3.24. The molecule has 0 N–H and O–H groups in total. The molecule has 1 aromatic rings. The molecule has 0 saturated heterocycles. The van der Waals surface area contributed by atoms with E-state index in [1.165, 1.54) is 18.8 Å². The SMILES string of the molecule is CN(C)S(=O)(=O)CCc1cn(CC2CCCC2(F)F)nn1. The fourth-order valence-electron chi connectivity index (χ4n) is 2.41. The van der Waals surface area contributed by atoms with E-state index in [1.54, 1.807) is 6.20 Å². The van der Waals surface area contributed by atoms with Gasteiger partial charge in [0.05, 0.1) is 18.0 Å². The van der Waals surface area contributed by atoms with Crippen LogP contribution in [0.4, 0.5) is 8.78 Å². The molecule has 1 saturated carbocycles. The first kappa shape index (κ1) is 16.3. The molecule has 1 heterocycles. The van der Waals surface area contributed by atoms with Crippen LogP contribution in [-0.2, 0) is 23.0 Å². The van der Waals surface area contributed by atoms with Gasteiger partial charge in [0.25, 0.3) is 5.92 Å². The molecule has 1 fully saturated rings. The monoisotopic (exact) mass is 322 g/mol. The highest BCUT2D eigenvalue weighted by Gasteiger charge is 2.43. The van der Waals surface area contributed by atoms with E-state index in [1.807, 2.05) is 0 Å². The predicted molar refractivity (Wildman–Crippen MR) is 73.5 cm³/mol. The highest BCUT2D eigenvalue weighted by Crippen LogP contribution is 2.40. The third-order valence-electron chi connectivity index (χ3n) is 3.83. The van der Waals surface area contributed by atoms with Crippen LogP contribution in [0.2, 0.25) is 0 Å². The number of aryl methyl sites for hydroxylation is 1. The zero-order valence-corrected chi connectivity index (χ0v) is 13.0. The largest absolute Gasteiger partial charge is 0.252 e. The Kier molecular flexibility index (Phi) is 4.62. The molecule has 0 spiro atoms. The van der Waals surface area contributed by atoms with Gasteiger partial charge in [-0.15, -0.1) is 5.10 Å². The second-order valence-corrected chi connectivity index (χ2v) is 7.93. The second-order valence-electron chi connectivity index (χ2n) is 5.63. The number of halogens is 2. The molecule has 0 radical (unpaired) electrons. The molecular weight excluding hydrogens is 302 g/mol. The van der Waals surface area contributed by atoms with Crippen molar-refractivity contribution in [1.29, 1.82) is 0 Å². The number of aromatic nitrogens is 3. The fraction of sp³-hybridized carbons (Fsp3) is 0.833. The third kappa shape index (κ3) is 3.97. The Morgan fingerprint density at radius 3 is 2.76 bits per heavy atom. The quantitative estimate of drug-likeness (QED) is 0.788. The number of sulfonamides is 1. The van der Waals surface area contributed by atoms with Crippen molar-refractivity contribution in [3.63, 3.8) is 0 Å². The summed E-state index contributed by atoms with van der Waals surface area (Å²) in [6.07, 6.45) is 2.72. The van der Waals surface area contributed by atoms with Gasteiger partial charge in [0.15, 0.2) is 0 Å². The van der Waals surface area contributed by atoms with Gasteiger partial charge in [-0.3, -0.25) is 4.68 Å². The van der Waals surface area contributed by atoms with Gasteiger partial charge in [0, 0.05) is 39.1 Å². The van der Waals surface area contributed by atoms with E-state index in [0.29, 0.717) is 18.5 Å². The molecule has 0 aliphatic heterocycles. The highest BCUT2D eigenvalue weighted by atomic mass is 32.2. The first-order chi connectivity index (χ1) is 9.71. The first-order valence-corrected chi connectivity index (χ1v) is 8.49. The van der Waals surface area contributed by atoms with E-state index < -0.39 is 21.9 Å². The van der Waals surface area contributed by atoms with Crippen molar-refractivity contribution < 1.29 is 17.2 Å². The van der Waals surface area contributed by atoms with E-state index in [0.717, 1.165) is 4.31 Å². The van der Waals surface area contributed by atoms with Gasteiger partial charge >= 0.3 is 0 Å². The zero-order chi connectivity index (χ0) is 15.7. The molecule has 6 nitrogen and oxygen atoms in total. The highest BCUT2D eigenvalue weighted by molar-refractivity contribution is 7.89. The molecule has 0 aromatic carbocycles. The molecule has 120 valence electrons. The molecule has 2 rings (SSSR count). The van der Waals surface area contributed by atoms with Crippen LogP contribution in [-0.4, -0.2) is 53.5 Å². The van der Waals surface area contributed by atoms with Crippen LogP contribution in [0.5, 0.6) is 0 Å². The summed E-state index contributed by atoms with van der Waals surface area (Å²) in [5, 5.41) is 7.67. The number of hydrogen-bond donors (Lipinski definition) is 0. The van der Waals surface area contributed by atoms with Crippen molar-refractivity contribution in [2.45, 2.75) is 38.2 Å². The van der Waals surface area contributed by atoms with Crippen LogP contribution >= 0.6 is 0 Å². The van der Waals surface area contributed by atoms with E-state index in [2.05, 4.69) is 10.3 Å². The molecule has 0 amide bonds. The Morgan fingerprint density at radius 1 is 1.48 bits per heavy atom. The maximum absolute atomic E-state index is 13.5. The minimum atomic E-state index is -3.29. The van der Waals surface area contributed by atoms with Crippen molar-refractivity contribution in [3.8, 4) is 0 Å². The molecule has 1 aliphatic rings. The number of nitrogens with zero attached hydrogens (tertiary/aromatic N) is 4. The minimum absolute atomic E-state index is 0.0691. The lowest BCUT2D eigenvalue weighted by atomic mass is 10.1. The standard InChI is InChI=1S/C12H20F2N4O2S/c1-17(2)21(19,20)7-5-11-9-18(16-15-11)8-10-4-3-6-12(10,13)14/h9-10H,3-8H2,1-2H3. The summed E-state index contributed by atoms with van der Waals surface area (Å²) in [6.45, 7) is 0.125. The lowest BCUT2D eigenvalue weighted by Gasteiger charge is -2.18. The molecular formula is C12H20F2N4O2S. The Hall–Kier alpha value is -1.09. The van der Waals surface area contributed by atoms with Crippen molar-refractivity contribution >= 4 is 10.0 Å². The molecule has 9 heteroatoms. The third-order valence-corrected chi connectivity index (χ3v) is 5.66. The summed E-state index contributed by atoms with van der Waals surface area (Å²) < 4.78 is 52.9. The molecule has 1 atom stereocenters. The summed E-state index contributed by atoms with van der Waals surface area (Å²) >= 11 is 0. The van der Waals surface area contributed by atoms with Crippen LogP contribution < -0.4 is 0 Å². The molecule has 0 bridgehead atoms. The first-order valence-electron chi connectivity index (χ1n) is 6.88. The van der Waals surface area contributed by atoms with Gasteiger partial charge in [-0.25, -0.2) is 21.5 Å². The Labute approximate surface area is 123 Å². The van der Waals surface area contributed by atoms with Crippen LogP contribution in [0.1, 0.15) is 25.0 Å². The van der Waals surface area contributed by atoms with Crippen LogP contribution in [0.3, 0.4) is 0 Å². The Bertz CT molecular complexity index is 586. The van der Waals surface area contributed by atoms with Crippen LogP contribution in [0, 0.1) is 5.92 Å². The van der Waals surface area contributed by atoms with E-state index in [-0.39, 0.29) is 25.1 Å². The topological polar surface area (TPSA) is 68.1 Å². The smallest absolute Gasteiger partial charge is 0.252 e. The lowest BCUT2D eigenvalue weighted by molar-refractivity contribution is -0.0434. The number of rotatable bonds is 6. The lowest BCUT2D eigenvalue weighted by Crippen LogP contribution is -2.26. The van der Waals surface area contributed by atoms with Crippen LogP contribution in [0.15, 0.2) is 6.20 Å². The number of alkyl halides is 2. The summed E-state index contributed by atoms with van der Waals surface area (Å²) in [5.41, 5.74) is 0.502. The molecule has 1 unspecified atom stereocenters. The predicted octanol–water partition coefficient (Wildman–Crippen LogP) is 1.15. The van der Waals surface area contributed by atoms with Crippen molar-refractivity contribution in [2.75, 3.05) is 19.8 Å². The normalized spacial score (nSPS) is 22.0. The van der Waals surface area contributed by atoms with Crippen molar-refractivity contribution in [3.05, 3.63) is 11.9 Å². The summed E-state index contributed by atoms with van der Waals surface area (Å²) in [4.78, 5) is 0. The van der Waals surface area contributed by atoms with Gasteiger partial charge < -0.3 is 0 Å². The molecule has 21 heavy (non-hydrogen) atoms. The van der Waals surface area contributed by atoms with Crippen molar-refractivity contribution in [1.82, 2.24) is 19.3 Å². The van der Waals surface area contributed by atoms with Crippen LogP contribution in [0.25, 0.3) is 0 Å². The van der Waals surface area contributed by atoms with Gasteiger partial charge in [-0.2, -0.15) is 0 Å². The maximum Gasteiger partial charge on any atom is 0.252 e. The van der Waals surface area contributed by atoms with E-state index in [9.17, 15) is 17.2 Å². The van der Waals surface area contributed by atoms with Gasteiger partial charge in [-0.1, -0.05) is 5.21 Å². The van der Waals surface area contributed by atoms with E-state index in [4.69, 9.17) is 0 Å². The Morgan fingerprint density at radius 2 is 2.19 bits per heavy atom. The van der Waals surface area contributed by atoms with Gasteiger partial charge in [-0.05, 0) is 12.8 Å². The average molecular weight is 322 g/mol. The molecule has 1 aromatic heterocycles. The summed E-state index contributed by atoms with van der Waals surface area (Å²) in [6, 6.07) is 0. The number of hydrogen-bond acceptors (Lipinski definition) is 4. The zero-order valence-electron chi connectivity index (χ0n) is 12.2.